The molecule has 0 spiro atoms. The zero-order chi connectivity index (χ0) is 57.0. The number of nitrogens with one attached hydrogen (secondary N) is 3. The number of ether oxygens (including phenoxy) is 4. The summed E-state index contributed by atoms with van der Waals surface area (Å²) in [5.41, 5.74) is 4.70. The summed E-state index contributed by atoms with van der Waals surface area (Å²) >= 11 is 0. The van der Waals surface area contributed by atoms with E-state index < -0.39 is 121 Å². The lowest BCUT2D eigenvalue weighted by molar-refractivity contribution is -0.136. The summed E-state index contributed by atoms with van der Waals surface area (Å²) in [6.07, 6.45) is -10.6. The number of aromatic nitrogens is 4. The second-order valence-electron chi connectivity index (χ2n) is 17.4. The van der Waals surface area contributed by atoms with Crippen molar-refractivity contribution in [2.45, 2.75) is 56.0 Å². The molecule has 6 aromatic rings. The van der Waals surface area contributed by atoms with Crippen LogP contribution in [0.3, 0.4) is 0 Å². The van der Waals surface area contributed by atoms with E-state index in [1.54, 1.807) is 11.6 Å². The highest BCUT2D eigenvalue weighted by atomic mass is 32.2. The van der Waals surface area contributed by atoms with Crippen LogP contribution in [-0.2, 0) is 20.0 Å². The number of hydrogen-bond donors (Lipinski definition) is 4. The average molecular weight is 1140 g/mol. The highest BCUT2D eigenvalue weighted by molar-refractivity contribution is 7.90. The van der Waals surface area contributed by atoms with Crippen LogP contribution in [0.2, 0.25) is 0 Å². The van der Waals surface area contributed by atoms with Gasteiger partial charge in [-0.3, -0.25) is 9.59 Å². The third kappa shape index (κ3) is 17.7. The van der Waals surface area contributed by atoms with Crippen LogP contribution in [-0.4, -0.2) is 93.9 Å². The number of alkyl halides is 6. The average Bonchev–Trinajstić information content (AvgIpc) is 3.39. The number of nitrogens with two attached hydrogens (primary N) is 1. The first kappa shape index (κ1) is 59.1. The van der Waals surface area contributed by atoms with E-state index in [0.717, 1.165) is 48.5 Å². The summed E-state index contributed by atoms with van der Waals surface area (Å²) in [6, 6.07) is 19.1. The number of amides is 2. The van der Waals surface area contributed by atoms with Crippen LogP contribution < -0.4 is 39.4 Å². The minimum Gasteiger partial charge on any atom is -0.493 e. The fourth-order valence-electron chi connectivity index (χ4n) is 6.65. The lowest BCUT2D eigenvalue weighted by Crippen LogP contribution is -2.32. The summed E-state index contributed by atoms with van der Waals surface area (Å²) in [5, 5.41) is 1.69. The normalized spacial score (nSPS) is 12.5. The summed E-state index contributed by atoms with van der Waals surface area (Å²) < 4.78 is 186. The number of carbonyl (C=O) groups excluding carboxylic acids is 2. The van der Waals surface area contributed by atoms with Crippen LogP contribution in [0.4, 0.5) is 46.8 Å². The molecule has 0 aliphatic rings. The molecule has 2 aromatic carbocycles. The Morgan fingerprint density at radius 2 is 1.18 bits per heavy atom. The molecule has 1 atom stereocenters. The number of allylic oxidation sites excluding steroid dienone is 1. The minimum atomic E-state index is -4.76. The smallest absolute Gasteiger partial charge is 0.409 e. The Morgan fingerprint density at radius 1 is 0.654 bits per heavy atom. The topological polar surface area (TPSA) is 253 Å². The van der Waals surface area contributed by atoms with Crippen molar-refractivity contribution >= 4 is 43.5 Å². The van der Waals surface area contributed by atoms with Crippen LogP contribution in [0.5, 0.6) is 23.3 Å². The highest BCUT2D eigenvalue weighted by Crippen LogP contribution is 2.31. The molecule has 2 amide bonds. The van der Waals surface area contributed by atoms with E-state index in [1.165, 1.54) is 48.5 Å². The number of hydrogen-bond acceptors (Lipinski definition) is 16. The molecule has 4 heterocycles. The van der Waals surface area contributed by atoms with Crippen molar-refractivity contribution in [1.29, 1.82) is 0 Å². The van der Waals surface area contributed by atoms with Gasteiger partial charge in [0.05, 0.1) is 31.2 Å². The third-order valence-electron chi connectivity index (χ3n) is 10.2. The van der Waals surface area contributed by atoms with Gasteiger partial charge in [-0.1, -0.05) is 32.9 Å². The number of anilines is 2. The van der Waals surface area contributed by atoms with Crippen molar-refractivity contribution in [2.75, 3.05) is 44.0 Å². The number of rotatable bonds is 24. The van der Waals surface area contributed by atoms with Crippen molar-refractivity contribution in [2.24, 2.45) is 11.8 Å². The number of pyridine rings is 4. The van der Waals surface area contributed by atoms with E-state index in [-0.39, 0.29) is 77.4 Å². The third-order valence-corrected chi connectivity index (χ3v) is 12.7. The number of carbonyl (C=O) groups is 2. The molecular formula is C50H48F8N8O10S2. The lowest BCUT2D eigenvalue weighted by Gasteiger charge is -2.16. The van der Waals surface area contributed by atoms with Gasteiger partial charge in [0.15, 0.2) is 10.1 Å². The maximum Gasteiger partial charge on any atom is 0.409 e. The quantitative estimate of drug-likeness (QED) is 0.0250. The van der Waals surface area contributed by atoms with Crippen molar-refractivity contribution in [1.82, 2.24) is 29.4 Å². The molecule has 0 radical (unpaired) electrons. The summed E-state index contributed by atoms with van der Waals surface area (Å²) in [4.78, 5) is 43.0. The van der Waals surface area contributed by atoms with Gasteiger partial charge < -0.3 is 30.0 Å². The second-order valence-corrected chi connectivity index (χ2v) is 20.7. The molecule has 0 fully saturated rings. The number of halogens is 8. The highest BCUT2D eigenvalue weighted by Gasteiger charge is 2.29. The number of nitrogens with zero attached hydrogens (tertiary/aromatic N) is 4. The van der Waals surface area contributed by atoms with Gasteiger partial charge in [-0.05, 0) is 91.2 Å². The number of sulfonamides is 2. The zero-order valence-electron chi connectivity index (χ0n) is 41.3. The summed E-state index contributed by atoms with van der Waals surface area (Å²) in [5.74, 6) is -5.63. The molecule has 5 N–H and O–H groups in total. The predicted molar refractivity (Wildman–Crippen MR) is 266 cm³/mol. The minimum absolute atomic E-state index is 0.000564. The molecule has 0 saturated carbocycles. The van der Waals surface area contributed by atoms with E-state index in [0.29, 0.717) is 6.08 Å². The van der Waals surface area contributed by atoms with Crippen LogP contribution in [0.15, 0.2) is 119 Å². The molecule has 0 aliphatic carbocycles. The summed E-state index contributed by atoms with van der Waals surface area (Å²) in [7, 11) is -9.37. The molecule has 0 aliphatic heterocycles. The number of benzene rings is 2. The largest absolute Gasteiger partial charge is 0.493 e. The van der Waals surface area contributed by atoms with Crippen LogP contribution in [0.1, 0.15) is 54.3 Å². The number of nitrogen functional groups attached to an aromatic ring is 1. The van der Waals surface area contributed by atoms with Gasteiger partial charge in [0.2, 0.25) is 11.8 Å². The van der Waals surface area contributed by atoms with Gasteiger partial charge in [-0.2, -0.15) is 43.2 Å². The van der Waals surface area contributed by atoms with Crippen molar-refractivity contribution in [3.63, 3.8) is 0 Å². The van der Waals surface area contributed by atoms with Gasteiger partial charge in [0, 0.05) is 48.2 Å². The fraction of sp³-hybridized carbons (Fsp3) is 0.280. The first-order valence-electron chi connectivity index (χ1n) is 23.2. The zero-order valence-corrected chi connectivity index (χ0v) is 42.9. The molecule has 6 rings (SSSR count). The van der Waals surface area contributed by atoms with Crippen molar-refractivity contribution < 1.29 is 80.5 Å². The van der Waals surface area contributed by atoms with E-state index in [9.17, 15) is 57.2 Å². The maximum atomic E-state index is 15.1. The van der Waals surface area contributed by atoms with Crippen LogP contribution in [0.25, 0.3) is 22.5 Å². The van der Waals surface area contributed by atoms with Gasteiger partial charge in [-0.25, -0.2) is 38.2 Å². The van der Waals surface area contributed by atoms with E-state index in [4.69, 9.17) is 24.7 Å². The molecule has 18 nitrogen and oxygen atoms in total. The molecule has 28 heteroatoms. The molecule has 1 unspecified atom stereocenters. The maximum absolute atomic E-state index is 15.1. The Balaban J connectivity index is 1.12. The first-order chi connectivity index (χ1) is 36.6. The van der Waals surface area contributed by atoms with Gasteiger partial charge in [0.1, 0.15) is 52.5 Å². The Morgan fingerprint density at radius 3 is 1.71 bits per heavy atom. The van der Waals surface area contributed by atoms with Gasteiger partial charge >= 0.3 is 12.4 Å². The van der Waals surface area contributed by atoms with Gasteiger partial charge in [0.25, 0.3) is 31.9 Å². The molecule has 0 saturated heterocycles. The second kappa shape index (κ2) is 25.3. The predicted octanol–water partition coefficient (Wildman–Crippen LogP) is 9.08. The van der Waals surface area contributed by atoms with E-state index in [2.05, 4.69) is 25.3 Å². The Hall–Kier alpha value is -8.14. The SMILES string of the molecule is CC(C)COc1cc(F)cc(-c2ccc(C(=O)NS(=O)(=O)c3cccc(NCC(C)COc4cc(F)cc(-c5ccc(C(=O)NS(=O)(=O)c6cccc(N)n6)c(OCCCC(F)(F)F)n5)c4)n3)c(OC/C=C/C(F)(F)F)n2)c1. The monoisotopic (exact) mass is 1140 g/mol. The Kier molecular flexibility index (Phi) is 19.2. The van der Waals surface area contributed by atoms with E-state index >= 15 is 4.39 Å². The molecule has 0 bridgehead atoms. The molecule has 416 valence electrons. The fourth-order valence-corrected chi connectivity index (χ4v) is 8.52. The van der Waals surface area contributed by atoms with Crippen molar-refractivity contribution in [3.05, 3.63) is 132 Å². The van der Waals surface area contributed by atoms with E-state index in [1.807, 2.05) is 18.6 Å². The summed E-state index contributed by atoms with van der Waals surface area (Å²) in [6.45, 7) is 4.34. The molecule has 78 heavy (non-hydrogen) atoms. The van der Waals surface area contributed by atoms with Crippen molar-refractivity contribution in [3.8, 4) is 45.8 Å². The van der Waals surface area contributed by atoms with Crippen LogP contribution >= 0.6 is 0 Å². The Labute approximate surface area is 441 Å². The van der Waals surface area contributed by atoms with Crippen LogP contribution in [0, 0.1) is 23.5 Å². The molecule has 4 aromatic heterocycles. The standard InChI is InChI=1S/C50H48F8N8O10S2/c1-29(2)27-75-35-22-31(20-33(51)24-35)39-14-13-38(48(61-39)74-19-7-17-50(56,57)58)46(68)66-78(71,72)44-11-5-9-42(64-44)60-26-30(3)28-76-36-23-32(21-34(52)25-36)40-15-12-37(47(62-40)73-18-6-16-49(53,54)55)45(67)65-77(69,70)43-10-4-8-41(59)63-43/h4-5,7-15,17,20-25,29-30H,6,16,18-19,26-28H2,1-3H3,(H2,59,63)(H,60,64)(H,65,67)(H,66,68)/b17-7+. The lowest BCUT2D eigenvalue weighted by atomic mass is 10.1. The first-order valence-corrected chi connectivity index (χ1v) is 26.1. The Bertz CT molecular complexity index is 3390. The van der Waals surface area contributed by atoms with Gasteiger partial charge in [-0.15, -0.1) is 0 Å². The molecular weight excluding hydrogens is 1090 g/mol.